The number of ether oxygens (including phenoxy) is 1. The zero-order chi connectivity index (χ0) is 12.8. The van der Waals surface area contributed by atoms with Gasteiger partial charge < -0.3 is 4.74 Å². The fraction of sp³-hybridized carbons (Fsp3) is 0.294. The van der Waals surface area contributed by atoms with Gasteiger partial charge in [-0.15, -0.1) is 0 Å². The average molecular weight is 240 g/mol. The topological polar surface area (TPSA) is 9.23 Å². The minimum absolute atomic E-state index is 0.0124. The van der Waals surface area contributed by atoms with Crippen LogP contribution in [-0.2, 0) is 10.2 Å². The van der Waals surface area contributed by atoms with Crippen molar-refractivity contribution >= 4 is 0 Å². The van der Waals surface area contributed by atoms with Crippen molar-refractivity contribution in [3.05, 3.63) is 71.8 Å². The van der Waals surface area contributed by atoms with Gasteiger partial charge in [-0.1, -0.05) is 67.6 Å². The van der Waals surface area contributed by atoms with Gasteiger partial charge in [0.05, 0.1) is 0 Å². The third kappa shape index (κ3) is 2.62. The van der Waals surface area contributed by atoms with Crippen molar-refractivity contribution in [2.45, 2.75) is 18.8 Å². The molecule has 2 rings (SSSR count). The molecule has 0 aliphatic rings. The molecule has 0 aliphatic heterocycles. The highest BCUT2D eigenvalue weighted by molar-refractivity contribution is 5.38. The standard InChI is InChI=1S/C17H20O/c1-17(13-14-18-2,15-9-5-3-6-10-15)16-11-7-4-8-12-16/h3-12H,13-14H2,1-2H3. The molecule has 2 aromatic rings. The van der Waals surface area contributed by atoms with E-state index in [4.69, 9.17) is 4.74 Å². The summed E-state index contributed by atoms with van der Waals surface area (Å²) in [6.07, 6.45) is 0.984. The summed E-state index contributed by atoms with van der Waals surface area (Å²) in [6, 6.07) is 21.3. The molecule has 0 spiro atoms. The molecule has 0 saturated heterocycles. The molecule has 0 atom stereocenters. The lowest BCUT2D eigenvalue weighted by atomic mass is 9.74. The predicted octanol–water partition coefficient (Wildman–Crippen LogP) is 4.03. The Bertz CT molecular complexity index is 422. The Hall–Kier alpha value is -1.60. The first-order valence-electron chi connectivity index (χ1n) is 6.37. The number of rotatable bonds is 5. The average Bonchev–Trinajstić information content (AvgIpc) is 2.46. The number of methoxy groups -OCH3 is 1. The molecule has 1 heteroatoms. The number of hydrogen-bond acceptors (Lipinski definition) is 1. The molecule has 0 saturated carbocycles. The maximum Gasteiger partial charge on any atom is 0.0473 e. The van der Waals surface area contributed by atoms with Crippen LogP contribution in [0.2, 0.25) is 0 Å². The van der Waals surface area contributed by atoms with Crippen LogP contribution in [-0.4, -0.2) is 13.7 Å². The van der Waals surface area contributed by atoms with Crippen LogP contribution in [0.25, 0.3) is 0 Å². The Labute approximate surface area is 109 Å². The highest BCUT2D eigenvalue weighted by Crippen LogP contribution is 2.34. The van der Waals surface area contributed by atoms with E-state index >= 15 is 0 Å². The van der Waals surface area contributed by atoms with Crippen LogP contribution in [0.4, 0.5) is 0 Å². The van der Waals surface area contributed by atoms with Gasteiger partial charge in [0.2, 0.25) is 0 Å². The van der Waals surface area contributed by atoms with Crippen molar-refractivity contribution in [1.29, 1.82) is 0 Å². The fourth-order valence-corrected chi connectivity index (χ4v) is 2.37. The van der Waals surface area contributed by atoms with E-state index in [9.17, 15) is 0 Å². The Balaban J connectivity index is 2.41. The fourth-order valence-electron chi connectivity index (χ4n) is 2.37. The van der Waals surface area contributed by atoms with Crippen LogP contribution in [0.15, 0.2) is 60.7 Å². The smallest absolute Gasteiger partial charge is 0.0473 e. The molecule has 0 N–H and O–H groups in total. The lowest BCUT2D eigenvalue weighted by Crippen LogP contribution is -2.25. The van der Waals surface area contributed by atoms with Crippen molar-refractivity contribution < 1.29 is 4.74 Å². The molecule has 0 aliphatic carbocycles. The van der Waals surface area contributed by atoms with Crippen molar-refractivity contribution in [2.24, 2.45) is 0 Å². The summed E-state index contributed by atoms with van der Waals surface area (Å²) in [5.74, 6) is 0. The van der Waals surface area contributed by atoms with E-state index < -0.39 is 0 Å². The molecular formula is C17H20O. The molecule has 0 radical (unpaired) electrons. The van der Waals surface area contributed by atoms with Gasteiger partial charge in [0.25, 0.3) is 0 Å². The molecule has 18 heavy (non-hydrogen) atoms. The SMILES string of the molecule is COCCC(C)(c1ccccc1)c1ccccc1. The molecule has 1 nitrogen and oxygen atoms in total. The van der Waals surface area contributed by atoms with Gasteiger partial charge in [-0.3, -0.25) is 0 Å². The Kier molecular flexibility index (Phi) is 4.16. The Morgan fingerprint density at radius 1 is 0.833 bits per heavy atom. The van der Waals surface area contributed by atoms with Crippen LogP contribution in [0, 0.1) is 0 Å². The molecular weight excluding hydrogens is 220 g/mol. The summed E-state index contributed by atoms with van der Waals surface area (Å²) in [5, 5.41) is 0. The van der Waals surface area contributed by atoms with Crippen molar-refractivity contribution in [2.75, 3.05) is 13.7 Å². The van der Waals surface area contributed by atoms with Gasteiger partial charge in [-0.25, -0.2) is 0 Å². The second-order valence-corrected chi connectivity index (χ2v) is 4.81. The third-order valence-corrected chi connectivity index (χ3v) is 3.63. The molecule has 0 bridgehead atoms. The van der Waals surface area contributed by atoms with Gasteiger partial charge in [0.15, 0.2) is 0 Å². The largest absolute Gasteiger partial charge is 0.385 e. The quantitative estimate of drug-likeness (QED) is 0.766. The number of hydrogen-bond donors (Lipinski definition) is 0. The molecule has 94 valence electrons. The first-order chi connectivity index (χ1) is 8.77. The van der Waals surface area contributed by atoms with Gasteiger partial charge in [-0.05, 0) is 17.5 Å². The lowest BCUT2D eigenvalue weighted by Gasteiger charge is -2.31. The maximum atomic E-state index is 5.28. The summed E-state index contributed by atoms with van der Waals surface area (Å²) in [6.45, 7) is 3.05. The van der Waals surface area contributed by atoms with Crippen LogP contribution >= 0.6 is 0 Å². The second-order valence-electron chi connectivity index (χ2n) is 4.81. The highest BCUT2D eigenvalue weighted by atomic mass is 16.5. The van der Waals surface area contributed by atoms with E-state index in [2.05, 4.69) is 67.6 Å². The molecule has 0 unspecified atom stereocenters. The summed E-state index contributed by atoms with van der Waals surface area (Å²) in [4.78, 5) is 0. The molecule has 0 fully saturated rings. The van der Waals surface area contributed by atoms with Crippen LogP contribution in [0.5, 0.6) is 0 Å². The zero-order valence-electron chi connectivity index (χ0n) is 11.1. The van der Waals surface area contributed by atoms with Crippen molar-refractivity contribution in [3.8, 4) is 0 Å². The molecule has 0 amide bonds. The normalized spacial score (nSPS) is 11.4. The highest BCUT2D eigenvalue weighted by Gasteiger charge is 2.28. The van der Waals surface area contributed by atoms with E-state index in [-0.39, 0.29) is 5.41 Å². The van der Waals surface area contributed by atoms with E-state index in [1.165, 1.54) is 11.1 Å². The van der Waals surface area contributed by atoms with Crippen molar-refractivity contribution in [3.63, 3.8) is 0 Å². The van der Waals surface area contributed by atoms with E-state index in [1.54, 1.807) is 7.11 Å². The van der Waals surface area contributed by atoms with Gasteiger partial charge in [-0.2, -0.15) is 0 Å². The molecule has 0 heterocycles. The summed E-state index contributed by atoms with van der Waals surface area (Å²) in [7, 11) is 1.76. The van der Waals surface area contributed by atoms with E-state index in [0.29, 0.717) is 0 Å². The predicted molar refractivity (Wildman–Crippen MR) is 75.8 cm³/mol. The maximum absolute atomic E-state index is 5.28. The lowest BCUT2D eigenvalue weighted by molar-refractivity contribution is 0.178. The Morgan fingerprint density at radius 3 is 1.67 bits per heavy atom. The van der Waals surface area contributed by atoms with Crippen LogP contribution in [0.1, 0.15) is 24.5 Å². The third-order valence-electron chi connectivity index (χ3n) is 3.63. The first-order valence-corrected chi connectivity index (χ1v) is 6.37. The number of benzene rings is 2. The Morgan fingerprint density at radius 2 is 1.28 bits per heavy atom. The van der Waals surface area contributed by atoms with E-state index in [0.717, 1.165) is 13.0 Å². The van der Waals surface area contributed by atoms with E-state index in [1.807, 2.05) is 0 Å². The van der Waals surface area contributed by atoms with Gasteiger partial charge in [0.1, 0.15) is 0 Å². The van der Waals surface area contributed by atoms with Gasteiger partial charge in [0, 0.05) is 19.1 Å². The second kappa shape index (κ2) is 5.83. The summed E-state index contributed by atoms with van der Waals surface area (Å²) < 4.78 is 5.28. The molecule has 0 aromatic heterocycles. The van der Waals surface area contributed by atoms with Crippen molar-refractivity contribution in [1.82, 2.24) is 0 Å². The monoisotopic (exact) mass is 240 g/mol. The van der Waals surface area contributed by atoms with Crippen LogP contribution < -0.4 is 0 Å². The van der Waals surface area contributed by atoms with Crippen LogP contribution in [0.3, 0.4) is 0 Å². The minimum Gasteiger partial charge on any atom is -0.385 e. The molecule has 2 aromatic carbocycles. The summed E-state index contributed by atoms with van der Waals surface area (Å²) >= 11 is 0. The first kappa shape index (κ1) is 12.8. The zero-order valence-corrected chi connectivity index (χ0v) is 11.1. The summed E-state index contributed by atoms with van der Waals surface area (Å²) in [5.41, 5.74) is 2.69. The van der Waals surface area contributed by atoms with Gasteiger partial charge >= 0.3 is 0 Å². The minimum atomic E-state index is 0.0124.